The van der Waals surface area contributed by atoms with Crippen LogP contribution in [0.2, 0.25) is 0 Å². The molecule has 0 saturated heterocycles. The predicted octanol–water partition coefficient (Wildman–Crippen LogP) is 5.47. The van der Waals surface area contributed by atoms with Crippen LogP contribution in [0.3, 0.4) is 0 Å². The van der Waals surface area contributed by atoms with Crippen molar-refractivity contribution >= 4 is 27.3 Å². The van der Waals surface area contributed by atoms with Gasteiger partial charge in [0.25, 0.3) is 0 Å². The Morgan fingerprint density at radius 2 is 1.55 bits per heavy atom. The maximum absolute atomic E-state index is 3.50. The van der Waals surface area contributed by atoms with E-state index in [0.29, 0.717) is 6.04 Å². The Kier molecular flexibility index (Phi) is 4.03. The van der Waals surface area contributed by atoms with Crippen molar-refractivity contribution < 1.29 is 0 Å². The Bertz CT molecular complexity index is 614. The minimum atomic E-state index is 0.364. The van der Waals surface area contributed by atoms with Crippen molar-refractivity contribution in [1.82, 2.24) is 0 Å². The molecule has 0 radical (unpaired) electrons. The number of halogens is 1. The molecule has 2 heteroatoms. The summed E-state index contributed by atoms with van der Waals surface area (Å²) in [5, 5.41) is 0. The van der Waals surface area contributed by atoms with E-state index in [4.69, 9.17) is 0 Å². The molecule has 1 aliphatic rings. The van der Waals surface area contributed by atoms with Gasteiger partial charge in [-0.05, 0) is 42.8 Å². The summed E-state index contributed by atoms with van der Waals surface area (Å²) >= 11 is 3.50. The van der Waals surface area contributed by atoms with Gasteiger partial charge in [-0.2, -0.15) is 0 Å². The van der Waals surface area contributed by atoms with Crippen LogP contribution >= 0.6 is 15.9 Å². The first-order chi connectivity index (χ1) is 9.84. The molecule has 20 heavy (non-hydrogen) atoms. The van der Waals surface area contributed by atoms with Gasteiger partial charge in [-0.1, -0.05) is 58.4 Å². The van der Waals surface area contributed by atoms with Crippen molar-refractivity contribution in [3.05, 3.63) is 83.4 Å². The normalized spacial score (nSPS) is 17.1. The zero-order valence-corrected chi connectivity index (χ0v) is 12.7. The van der Waals surface area contributed by atoms with E-state index in [9.17, 15) is 0 Å². The summed E-state index contributed by atoms with van der Waals surface area (Å²) < 4.78 is 1.10. The highest BCUT2D eigenvalue weighted by atomic mass is 79.9. The molecule has 0 fully saturated rings. The van der Waals surface area contributed by atoms with Crippen LogP contribution in [0.5, 0.6) is 0 Å². The van der Waals surface area contributed by atoms with E-state index < -0.39 is 0 Å². The monoisotopic (exact) mass is 325 g/mol. The van der Waals surface area contributed by atoms with Crippen molar-refractivity contribution in [2.75, 3.05) is 4.90 Å². The summed E-state index contributed by atoms with van der Waals surface area (Å²) in [7, 11) is 0. The Balaban J connectivity index is 2.01. The van der Waals surface area contributed by atoms with Crippen molar-refractivity contribution in [3.8, 4) is 0 Å². The second-order valence-corrected chi connectivity index (χ2v) is 5.71. The number of benzene rings is 2. The molecule has 2 aromatic rings. The van der Waals surface area contributed by atoms with Crippen LogP contribution in [0.15, 0.2) is 83.4 Å². The van der Waals surface area contributed by atoms with Gasteiger partial charge < -0.3 is 4.90 Å². The van der Waals surface area contributed by atoms with Gasteiger partial charge in [0.15, 0.2) is 0 Å². The third-order valence-corrected chi connectivity index (χ3v) is 3.96. The molecule has 0 heterocycles. The van der Waals surface area contributed by atoms with E-state index in [-0.39, 0.29) is 0 Å². The van der Waals surface area contributed by atoms with Crippen LogP contribution in [0.1, 0.15) is 6.42 Å². The van der Waals surface area contributed by atoms with E-state index in [0.717, 1.165) is 10.9 Å². The van der Waals surface area contributed by atoms with E-state index in [1.165, 1.54) is 11.4 Å². The molecule has 0 bridgehead atoms. The number of hydrogen-bond acceptors (Lipinski definition) is 1. The van der Waals surface area contributed by atoms with Crippen molar-refractivity contribution in [3.63, 3.8) is 0 Å². The minimum Gasteiger partial charge on any atom is -0.334 e. The number of rotatable bonds is 3. The second kappa shape index (κ2) is 6.10. The van der Waals surface area contributed by atoms with Crippen molar-refractivity contribution in [1.29, 1.82) is 0 Å². The lowest BCUT2D eigenvalue weighted by Crippen LogP contribution is -2.29. The maximum Gasteiger partial charge on any atom is 0.0559 e. The lowest BCUT2D eigenvalue weighted by Gasteiger charge is -2.32. The van der Waals surface area contributed by atoms with E-state index in [2.05, 4.69) is 99.7 Å². The smallest absolute Gasteiger partial charge is 0.0559 e. The Morgan fingerprint density at radius 3 is 2.20 bits per heavy atom. The molecular formula is C18H16BrN. The second-order valence-electron chi connectivity index (χ2n) is 4.80. The fourth-order valence-corrected chi connectivity index (χ4v) is 2.75. The average Bonchev–Trinajstić information content (AvgIpc) is 2.52. The van der Waals surface area contributed by atoms with Crippen LogP contribution in [-0.2, 0) is 0 Å². The average molecular weight is 326 g/mol. The molecule has 0 saturated carbocycles. The summed E-state index contributed by atoms with van der Waals surface area (Å²) in [6.07, 6.45) is 9.75. The molecule has 3 rings (SSSR count). The van der Waals surface area contributed by atoms with Gasteiger partial charge in [0, 0.05) is 15.8 Å². The SMILES string of the molecule is Brc1ccc(N(c2ccccc2)C2C=CC=CC2)cc1. The van der Waals surface area contributed by atoms with Gasteiger partial charge in [-0.3, -0.25) is 0 Å². The first kappa shape index (κ1) is 13.2. The van der Waals surface area contributed by atoms with Crippen LogP contribution in [0.25, 0.3) is 0 Å². The highest BCUT2D eigenvalue weighted by Crippen LogP contribution is 2.31. The zero-order chi connectivity index (χ0) is 13.8. The summed E-state index contributed by atoms with van der Waals surface area (Å²) in [6, 6.07) is 19.4. The number of nitrogens with zero attached hydrogens (tertiary/aromatic N) is 1. The highest BCUT2D eigenvalue weighted by molar-refractivity contribution is 9.10. The maximum atomic E-state index is 3.50. The predicted molar refractivity (Wildman–Crippen MR) is 89.4 cm³/mol. The van der Waals surface area contributed by atoms with Gasteiger partial charge in [-0.15, -0.1) is 0 Å². The minimum absolute atomic E-state index is 0.364. The summed E-state index contributed by atoms with van der Waals surface area (Å²) in [5.74, 6) is 0. The Morgan fingerprint density at radius 1 is 0.850 bits per heavy atom. The number of allylic oxidation sites excluding steroid dienone is 2. The number of hydrogen-bond donors (Lipinski definition) is 0. The third-order valence-electron chi connectivity index (χ3n) is 3.43. The van der Waals surface area contributed by atoms with Crippen LogP contribution in [0.4, 0.5) is 11.4 Å². The topological polar surface area (TPSA) is 3.24 Å². The Hall–Kier alpha value is -1.80. The number of para-hydroxylation sites is 1. The van der Waals surface area contributed by atoms with Crippen LogP contribution < -0.4 is 4.90 Å². The van der Waals surface area contributed by atoms with Gasteiger partial charge in [0.05, 0.1) is 6.04 Å². The summed E-state index contributed by atoms with van der Waals surface area (Å²) in [5.41, 5.74) is 2.43. The van der Waals surface area contributed by atoms with E-state index in [1.54, 1.807) is 0 Å². The first-order valence-electron chi connectivity index (χ1n) is 6.78. The standard InChI is InChI=1S/C18H16BrN/c19-15-11-13-18(14-12-15)20(16-7-3-1-4-8-16)17-9-5-2-6-10-17/h1-9,11-14,17H,10H2. The van der Waals surface area contributed by atoms with Gasteiger partial charge in [-0.25, -0.2) is 0 Å². The lowest BCUT2D eigenvalue weighted by molar-refractivity contribution is 0.785. The number of anilines is 2. The van der Waals surface area contributed by atoms with Crippen LogP contribution in [-0.4, -0.2) is 6.04 Å². The van der Waals surface area contributed by atoms with Gasteiger partial charge >= 0.3 is 0 Å². The first-order valence-corrected chi connectivity index (χ1v) is 7.57. The third kappa shape index (κ3) is 2.86. The molecule has 0 aromatic heterocycles. The fourth-order valence-electron chi connectivity index (χ4n) is 2.48. The lowest BCUT2D eigenvalue weighted by atomic mass is 10.0. The van der Waals surface area contributed by atoms with E-state index in [1.807, 2.05) is 0 Å². The molecule has 0 amide bonds. The molecule has 1 aliphatic carbocycles. The molecular weight excluding hydrogens is 310 g/mol. The van der Waals surface area contributed by atoms with Gasteiger partial charge in [0.2, 0.25) is 0 Å². The van der Waals surface area contributed by atoms with Crippen molar-refractivity contribution in [2.45, 2.75) is 12.5 Å². The summed E-state index contributed by atoms with van der Waals surface area (Å²) in [4.78, 5) is 2.38. The molecule has 100 valence electrons. The zero-order valence-electron chi connectivity index (χ0n) is 11.1. The Labute approximate surface area is 128 Å². The molecule has 2 aromatic carbocycles. The van der Waals surface area contributed by atoms with E-state index >= 15 is 0 Å². The largest absolute Gasteiger partial charge is 0.334 e. The molecule has 0 aliphatic heterocycles. The summed E-state index contributed by atoms with van der Waals surface area (Å²) in [6.45, 7) is 0. The molecule has 0 spiro atoms. The van der Waals surface area contributed by atoms with Crippen molar-refractivity contribution in [2.24, 2.45) is 0 Å². The quantitative estimate of drug-likeness (QED) is 0.723. The molecule has 0 N–H and O–H groups in total. The molecule has 1 unspecified atom stereocenters. The highest BCUT2D eigenvalue weighted by Gasteiger charge is 2.18. The van der Waals surface area contributed by atoms with Gasteiger partial charge in [0.1, 0.15) is 0 Å². The molecule has 1 atom stereocenters. The fraction of sp³-hybridized carbons (Fsp3) is 0.111. The van der Waals surface area contributed by atoms with Crippen LogP contribution in [0, 0.1) is 0 Å². The molecule has 1 nitrogen and oxygen atoms in total.